The van der Waals surface area contributed by atoms with Gasteiger partial charge in [0.1, 0.15) is 0 Å². The average molecular weight is 727 g/mol. The van der Waals surface area contributed by atoms with Crippen LogP contribution in [-0.4, -0.2) is 47.8 Å². The van der Waals surface area contributed by atoms with Gasteiger partial charge < -0.3 is 79.2 Å². The summed E-state index contributed by atoms with van der Waals surface area (Å²) >= 11 is 0. The van der Waals surface area contributed by atoms with Crippen LogP contribution in [0.25, 0.3) is 0 Å². The number of hydrogen-bond donors (Lipinski definition) is 0. The summed E-state index contributed by atoms with van der Waals surface area (Å²) in [7, 11) is 0. The molecule has 0 radical (unpaired) electrons. The van der Waals surface area contributed by atoms with Gasteiger partial charge in [0, 0.05) is 23.8 Å². The second-order valence-corrected chi connectivity index (χ2v) is 5.68. The maximum atomic E-state index is 11.6. The van der Waals surface area contributed by atoms with Gasteiger partial charge in [-0.1, -0.05) is 0 Å². The fourth-order valence-corrected chi connectivity index (χ4v) is 3.92. The predicted molar refractivity (Wildman–Crippen MR) is 54.3 cm³/mol. The molecule has 0 N–H and O–H groups in total. The Kier molecular flexibility index (Phi) is 46.4. The summed E-state index contributed by atoms with van der Waals surface area (Å²) in [6.45, 7) is 0. The van der Waals surface area contributed by atoms with Gasteiger partial charge in [-0.3, -0.25) is 0 Å². The quantitative estimate of drug-likeness (QED) is 0.165. The molecule has 1 aliphatic rings. The van der Waals surface area contributed by atoms with Crippen LogP contribution in [0.15, 0.2) is 0 Å². The third kappa shape index (κ3) is 10.9. The molecule has 1 aliphatic carbocycles. The fraction of sp³-hybridized carbons (Fsp3) is 0.385. The minimum atomic E-state index is -5.56. The van der Waals surface area contributed by atoms with Crippen molar-refractivity contribution in [1.29, 1.82) is 0 Å². The second-order valence-electron chi connectivity index (χ2n) is 5.68. The van der Waals surface area contributed by atoms with Gasteiger partial charge in [-0.25, -0.2) is 0 Å². The van der Waals surface area contributed by atoms with Crippen molar-refractivity contribution in [3.63, 3.8) is 0 Å². The summed E-state index contributed by atoms with van der Waals surface area (Å²) in [5, 5.41) is 92.2. The van der Waals surface area contributed by atoms with Crippen molar-refractivity contribution in [3.8, 4) is 0 Å². The van der Waals surface area contributed by atoms with Gasteiger partial charge in [0.05, 0.1) is 52.1 Å². The summed E-state index contributed by atoms with van der Waals surface area (Å²) in [6, 6.07) is 0. The summed E-state index contributed by atoms with van der Waals surface area (Å²) in [5.41, 5.74) is -16.2. The van der Waals surface area contributed by atoms with Crippen LogP contribution in [0.4, 0.5) is 0 Å². The first-order valence-corrected chi connectivity index (χ1v) is 6.75. The van der Waals surface area contributed by atoms with E-state index in [1.165, 1.54) is 0 Å². The Balaban J connectivity index is -0.000000175. The zero-order valence-electron chi connectivity index (χ0n) is 21.2. The van der Waals surface area contributed by atoms with Crippen LogP contribution in [0, 0.1) is 28.1 Å². The van der Waals surface area contributed by atoms with E-state index in [4.69, 9.17) is 0 Å². The largest absolute Gasteiger partial charge is 1.00 e. The normalized spacial score (nSPS) is 18.4. The van der Waals surface area contributed by atoms with Crippen LogP contribution >= 0.6 is 0 Å². The van der Waals surface area contributed by atoms with Crippen LogP contribution in [-0.2, 0) is 38.4 Å². The number of hydrogen-bond acceptors (Lipinski definition) is 16. The van der Waals surface area contributed by atoms with E-state index in [9.17, 15) is 79.2 Å². The van der Waals surface area contributed by atoms with Crippen molar-refractivity contribution in [1.82, 2.24) is 0 Å². The topological polar surface area (TPSA) is 321 Å². The molecule has 0 spiro atoms. The molecule has 0 aromatic carbocycles. The summed E-state index contributed by atoms with van der Waals surface area (Å²) in [4.78, 5) is 92.2. The van der Waals surface area contributed by atoms with E-state index in [0.29, 0.717) is 0 Å². The summed E-state index contributed by atoms with van der Waals surface area (Å²) in [6.07, 6.45) is 0. The van der Waals surface area contributed by atoms with E-state index in [1.807, 2.05) is 0 Å². The minimum absolute atomic E-state index is 0. The standard InChI is InChI=1S/C13H10O16.8K/c14-3(15)1-2(4(16)17)12(7(22)23,8(24)25)13(9(26)27,10(28)29)11(1,5(18)19)6(20)21;;;;;;;;/h1-2H,(H,14,15)(H,16,17)(H,18,19)(H,20,21)(H,22,23)(H,24,25)(H,26,27)(H,28,29);;;;;;;;/q;8*+1/p-8. The molecule has 37 heavy (non-hydrogen) atoms. The Morgan fingerprint density at radius 2 is 0.514 bits per heavy atom. The van der Waals surface area contributed by atoms with Crippen LogP contribution in [0.2, 0.25) is 0 Å². The average Bonchev–Trinajstić information content (AvgIpc) is 2.81. The van der Waals surface area contributed by atoms with Gasteiger partial charge in [0.2, 0.25) is 0 Å². The van der Waals surface area contributed by atoms with E-state index in [1.54, 1.807) is 0 Å². The Hall–Kier alpha value is 8.85. The molecule has 0 aromatic rings. The molecule has 0 heterocycles. The third-order valence-electron chi connectivity index (χ3n) is 4.86. The van der Waals surface area contributed by atoms with E-state index >= 15 is 0 Å². The Morgan fingerprint density at radius 1 is 0.351 bits per heavy atom. The monoisotopic (exact) mass is 726 g/mol. The Bertz CT molecular complexity index is 807. The van der Waals surface area contributed by atoms with Crippen LogP contribution in [0.5, 0.6) is 0 Å². The number of aliphatic carboxylic acids is 8. The van der Waals surface area contributed by atoms with Crippen molar-refractivity contribution >= 4 is 47.8 Å². The zero-order valence-corrected chi connectivity index (χ0v) is 46.2. The first-order chi connectivity index (χ1) is 13.0. The SMILES string of the molecule is O=C([O-])C1C(C(=O)[O-])C(C(=O)[O-])(C(=O)[O-])C(C(=O)[O-])(C(=O)[O-])C1(C(=O)[O-])C(=O)[O-].[K+].[K+].[K+].[K+].[K+].[K+].[K+].[K+]. The molecule has 0 saturated heterocycles. The third-order valence-corrected chi connectivity index (χ3v) is 4.86. The molecule has 1 saturated carbocycles. The van der Waals surface area contributed by atoms with Crippen molar-refractivity contribution in [2.45, 2.75) is 0 Å². The van der Waals surface area contributed by atoms with Gasteiger partial charge in [-0.2, -0.15) is 0 Å². The second kappa shape index (κ2) is 26.7. The van der Waals surface area contributed by atoms with Crippen molar-refractivity contribution in [2.24, 2.45) is 28.1 Å². The van der Waals surface area contributed by atoms with E-state index in [2.05, 4.69) is 0 Å². The molecule has 0 amide bonds. The number of carboxylic acids is 8. The molecule has 0 aromatic heterocycles. The van der Waals surface area contributed by atoms with Gasteiger partial charge in [0.15, 0.2) is 0 Å². The van der Waals surface area contributed by atoms with Gasteiger partial charge in [-0.05, 0) is 0 Å². The number of carboxylic acid groups (broad SMARTS) is 8. The maximum absolute atomic E-state index is 11.6. The molecular formula is C13H2K8O16. The van der Waals surface area contributed by atoms with Gasteiger partial charge in [0.25, 0.3) is 0 Å². The number of carbonyl (C=O) groups excluding carboxylic acids is 8. The maximum Gasteiger partial charge on any atom is 1.00 e. The van der Waals surface area contributed by atoms with Crippen molar-refractivity contribution in [3.05, 3.63) is 0 Å². The van der Waals surface area contributed by atoms with Crippen molar-refractivity contribution in [2.75, 3.05) is 0 Å². The van der Waals surface area contributed by atoms with E-state index in [-0.39, 0.29) is 411 Å². The van der Waals surface area contributed by atoms with E-state index in [0.717, 1.165) is 0 Å². The zero-order chi connectivity index (χ0) is 23.3. The van der Waals surface area contributed by atoms with Crippen LogP contribution in [0.1, 0.15) is 0 Å². The number of carbonyl (C=O) groups is 8. The number of rotatable bonds is 8. The molecule has 158 valence electrons. The van der Waals surface area contributed by atoms with Gasteiger partial charge >= 0.3 is 411 Å². The Morgan fingerprint density at radius 3 is 0.595 bits per heavy atom. The molecule has 16 nitrogen and oxygen atoms in total. The Labute approximate surface area is 547 Å². The molecule has 1 fully saturated rings. The molecule has 2 atom stereocenters. The van der Waals surface area contributed by atoms with Crippen LogP contribution < -0.4 is 452 Å². The predicted octanol–water partition coefficient (Wildman–Crippen LogP) is -37.8. The molecule has 2 unspecified atom stereocenters. The van der Waals surface area contributed by atoms with Crippen molar-refractivity contribution < 1.29 is 490 Å². The molecule has 0 aliphatic heterocycles. The first-order valence-electron chi connectivity index (χ1n) is 6.75. The van der Waals surface area contributed by atoms with Gasteiger partial charge in [-0.15, -0.1) is 0 Å². The molecule has 0 bridgehead atoms. The summed E-state index contributed by atoms with van der Waals surface area (Å²) < 4.78 is 0. The molecular weight excluding hydrogens is 725 g/mol. The summed E-state index contributed by atoms with van der Waals surface area (Å²) in [5.74, 6) is -36.6. The minimum Gasteiger partial charge on any atom is -0.550 e. The van der Waals surface area contributed by atoms with Crippen LogP contribution in [0.3, 0.4) is 0 Å². The molecule has 1 rings (SSSR count). The van der Waals surface area contributed by atoms with E-state index < -0.39 is 75.8 Å². The smallest absolute Gasteiger partial charge is 0.550 e. The fourth-order valence-electron chi connectivity index (χ4n) is 3.92. The molecule has 24 heteroatoms. The first kappa shape index (κ1) is 64.4.